The van der Waals surface area contributed by atoms with Gasteiger partial charge in [0.05, 0.1) is 5.01 Å². The third kappa shape index (κ3) is 2.14. The average Bonchev–Trinajstić information content (AvgIpc) is 2.57. The maximum Gasteiger partial charge on any atom is 0.126 e. The van der Waals surface area contributed by atoms with Gasteiger partial charge in [0.1, 0.15) is 6.29 Å². The summed E-state index contributed by atoms with van der Waals surface area (Å²) in [5.74, 6) is 0. The lowest BCUT2D eigenvalue weighted by atomic mass is 9.86. The molecule has 66 valence electrons. The molecule has 1 heterocycles. The summed E-state index contributed by atoms with van der Waals surface area (Å²) in [5, 5.41) is 2.99. The molecule has 0 saturated heterocycles. The van der Waals surface area contributed by atoms with Gasteiger partial charge in [-0.3, -0.25) is 0 Å². The van der Waals surface area contributed by atoms with E-state index in [0.29, 0.717) is 0 Å². The summed E-state index contributed by atoms with van der Waals surface area (Å²) in [6, 6.07) is 0. The molecule has 12 heavy (non-hydrogen) atoms. The molecule has 1 rings (SSSR count). The highest BCUT2D eigenvalue weighted by Crippen LogP contribution is 2.24. The Morgan fingerprint density at radius 2 is 2.50 bits per heavy atom. The van der Waals surface area contributed by atoms with E-state index in [1.165, 1.54) is 0 Å². The van der Waals surface area contributed by atoms with Crippen LogP contribution in [0.25, 0.3) is 0 Å². The second-order valence-corrected chi connectivity index (χ2v) is 4.21. The van der Waals surface area contributed by atoms with Crippen LogP contribution in [0.1, 0.15) is 25.3 Å². The molecule has 0 aromatic carbocycles. The molecule has 1 aromatic rings. The van der Waals surface area contributed by atoms with E-state index in [-0.39, 0.29) is 5.41 Å². The summed E-state index contributed by atoms with van der Waals surface area (Å²) >= 11 is 1.61. The molecule has 1 unspecified atom stereocenters. The lowest BCUT2D eigenvalue weighted by Crippen LogP contribution is -2.19. The van der Waals surface area contributed by atoms with Crippen molar-refractivity contribution >= 4 is 17.6 Å². The van der Waals surface area contributed by atoms with Crippen LogP contribution in [0.15, 0.2) is 11.6 Å². The second-order valence-electron chi connectivity index (χ2n) is 3.23. The van der Waals surface area contributed by atoms with Crippen LogP contribution in [0.5, 0.6) is 0 Å². The minimum Gasteiger partial charge on any atom is -0.303 e. The molecule has 1 atom stereocenters. The van der Waals surface area contributed by atoms with Crippen molar-refractivity contribution in [1.82, 2.24) is 4.98 Å². The molecule has 0 radical (unpaired) electrons. The smallest absolute Gasteiger partial charge is 0.126 e. The predicted octanol–water partition coefficient (Wildman–Crippen LogP) is 2.30. The first kappa shape index (κ1) is 9.39. The Labute approximate surface area is 76.6 Å². The number of nitrogens with zero attached hydrogens (tertiary/aromatic N) is 1. The third-order valence-electron chi connectivity index (χ3n) is 2.13. The van der Waals surface area contributed by atoms with Crippen LogP contribution in [0, 0.1) is 5.41 Å². The van der Waals surface area contributed by atoms with Crippen LogP contribution >= 0.6 is 11.3 Å². The fourth-order valence-corrected chi connectivity index (χ4v) is 1.75. The lowest BCUT2D eigenvalue weighted by Gasteiger charge is -2.18. The van der Waals surface area contributed by atoms with Crippen molar-refractivity contribution < 1.29 is 4.79 Å². The highest BCUT2D eigenvalue weighted by Gasteiger charge is 2.22. The molecular formula is C9H13NOS. The van der Waals surface area contributed by atoms with Gasteiger partial charge in [-0.1, -0.05) is 13.8 Å². The van der Waals surface area contributed by atoms with Crippen LogP contribution in [0.3, 0.4) is 0 Å². The van der Waals surface area contributed by atoms with E-state index in [1.807, 2.05) is 19.2 Å². The Morgan fingerprint density at radius 1 is 1.75 bits per heavy atom. The molecule has 0 N–H and O–H groups in total. The summed E-state index contributed by atoms with van der Waals surface area (Å²) < 4.78 is 0. The Bertz CT molecular complexity index is 245. The molecule has 0 bridgehead atoms. The zero-order chi connectivity index (χ0) is 9.03. The van der Waals surface area contributed by atoms with Gasteiger partial charge < -0.3 is 4.79 Å². The Morgan fingerprint density at radius 3 is 2.92 bits per heavy atom. The largest absolute Gasteiger partial charge is 0.303 e. The highest BCUT2D eigenvalue weighted by molar-refractivity contribution is 7.09. The second kappa shape index (κ2) is 3.81. The van der Waals surface area contributed by atoms with Gasteiger partial charge in [-0.25, -0.2) is 4.98 Å². The van der Waals surface area contributed by atoms with Crippen molar-refractivity contribution in [2.75, 3.05) is 0 Å². The summed E-state index contributed by atoms with van der Waals surface area (Å²) in [7, 11) is 0. The van der Waals surface area contributed by atoms with Crippen LogP contribution in [-0.4, -0.2) is 11.3 Å². The maximum atomic E-state index is 10.8. The van der Waals surface area contributed by atoms with Gasteiger partial charge >= 0.3 is 0 Å². The van der Waals surface area contributed by atoms with Gasteiger partial charge in [0.2, 0.25) is 0 Å². The van der Waals surface area contributed by atoms with E-state index in [9.17, 15) is 4.79 Å². The molecule has 0 spiro atoms. The van der Waals surface area contributed by atoms with E-state index in [1.54, 1.807) is 17.5 Å². The normalized spacial score (nSPS) is 15.5. The van der Waals surface area contributed by atoms with Crippen molar-refractivity contribution in [1.29, 1.82) is 0 Å². The van der Waals surface area contributed by atoms with Gasteiger partial charge in [0.25, 0.3) is 0 Å². The number of hydrogen-bond acceptors (Lipinski definition) is 3. The molecule has 3 heteroatoms. The number of carbonyl (C=O) groups is 1. The summed E-state index contributed by atoms with van der Waals surface area (Å²) in [4.78, 5) is 14.9. The molecule has 1 aromatic heterocycles. The zero-order valence-corrected chi connectivity index (χ0v) is 8.23. The van der Waals surface area contributed by atoms with Gasteiger partial charge in [0.15, 0.2) is 0 Å². The van der Waals surface area contributed by atoms with Crippen molar-refractivity contribution in [2.24, 2.45) is 5.41 Å². The molecule has 0 aliphatic carbocycles. The highest BCUT2D eigenvalue weighted by atomic mass is 32.1. The third-order valence-corrected chi connectivity index (χ3v) is 2.91. The number of hydrogen-bond donors (Lipinski definition) is 0. The van der Waals surface area contributed by atoms with Crippen molar-refractivity contribution in [2.45, 2.75) is 26.7 Å². The fourth-order valence-electron chi connectivity index (χ4n) is 0.936. The monoisotopic (exact) mass is 183 g/mol. The number of thiazole rings is 1. The Balaban J connectivity index is 2.66. The van der Waals surface area contributed by atoms with Crippen LogP contribution in [0.4, 0.5) is 0 Å². The maximum absolute atomic E-state index is 10.8. The first-order chi connectivity index (χ1) is 5.70. The number of aromatic nitrogens is 1. The Hall–Kier alpha value is -0.700. The lowest BCUT2D eigenvalue weighted by molar-refractivity contribution is -0.115. The van der Waals surface area contributed by atoms with Gasteiger partial charge in [-0.2, -0.15) is 0 Å². The van der Waals surface area contributed by atoms with Crippen LogP contribution < -0.4 is 0 Å². The van der Waals surface area contributed by atoms with E-state index in [2.05, 4.69) is 4.98 Å². The molecular weight excluding hydrogens is 170 g/mol. The van der Waals surface area contributed by atoms with E-state index < -0.39 is 0 Å². The van der Waals surface area contributed by atoms with Crippen LogP contribution in [0.2, 0.25) is 0 Å². The topological polar surface area (TPSA) is 30.0 Å². The quantitative estimate of drug-likeness (QED) is 0.670. The molecule has 0 amide bonds. The molecule has 0 fully saturated rings. The minimum absolute atomic E-state index is 0.224. The van der Waals surface area contributed by atoms with Crippen molar-refractivity contribution in [3.05, 3.63) is 16.6 Å². The minimum atomic E-state index is -0.224. The average molecular weight is 183 g/mol. The summed E-state index contributed by atoms with van der Waals surface area (Å²) in [5.41, 5.74) is -0.224. The number of aldehydes is 1. The van der Waals surface area contributed by atoms with Gasteiger partial charge in [-0.15, -0.1) is 11.3 Å². The van der Waals surface area contributed by atoms with Gasteiger partial charge in [0, 0.05) is 23.4 Å². The first-order valence-corrected chi connectivity index (χ1v) is 4.93. The standard InChI is InChI=1S/C9H13NOS/c1-3-9(2,7-11)6-8-10-4-5-12-8/h4-5,7H,3,6H2,1-2H3. The molecule has 0 aliphatic rings. The van der Waals surface area contributed by atoms with Crippen LogP contribution in [-0.2, 0) is 11.2 Å². The number of rotatable bonds is 4. The number of carbonyl (C=O) groups excluding carboxylic acids is 1. The molecule has 0 aliphatic heterocycles. The first-order valence-electron chi connectivity index (χ1n) is 4.05. The van der Waals surface area contributed by atoms with Gasteiger partial charge in [-0.05, 0) is 6.42 Å². The van der Waals surface area contributed by atoms with E-state index in [4.69, 9.17) is 0 Å². The summed E-state index contributed by atoms with van der Waals surface area (Å²) in [6.07, 6.45) is 4.45. The van der Waals surface area contributed by atoms with E-state index in [0.717, 1.165) is 24.1 Å². The fraction of sp³-hybridized carbons (Fsp3) is 0.556. The van der Waals surface area contributed by atoms with E-state index >= 15 is 0 Å². The van der Waals surface area contributed by atoms with Crippen molar-refractivity contribution in [3.63, 3.8) is 0 Å². The predicted molar refractivity (Wildman–Crippen MR) is 50.3 cm³/mol. The molecule has 2 nitrogen and oxygen atoms in total. The zero-order valence-electron chi connectivity index (χ0n) is 7.41. The molecule has 0 saturated carbocycles. The SMILES string of the molecule is CCC(C)(C=O)Cc1nccs1. The van der Waals surface area contributed by atoms with Crippen molar-refractivity contribution in [3.8, 4) is 0 Å². The Kier molecular flexibility index (Phi) is 2.98. The summed E-state index contributed by atoms with van der Waals surface area (Å²) in [6.45, 7) is 4.00.